The molecule has 18 heavy (non-hydrogen) atoms. The van der Waals surface area contributed by atoms with Crippen LogP contribution in [-0.4, -0.2) is 25.2 Å². The summed E-state index contributed by atoms with van der Waals surface area (Å²) in [5.41, 5.74) is 1.20. The number of nitrogens with zero attached hydrogens (tertiary/aromatic N) is 1. The molecule has 0 radical (unpaired) electrons. The van der Waals surface area contributed by atoms with Crippen LogP contribution >= 0.6 is 27.5 Å². The van der Waals surface area contributed by atoms with E-state index in [-0.39, 0.29) is 0 Å². The first-order valence-electron chi connectivity index (χ1n) is 6.44. The molecule has 1 aliphatic rings. The summed E-state index contributed by atoms with van der Waals surface area (Å²) >= 11 is 9.78. The van der Waals surface area contributed by atoms with Crippen LogP contribution in [0.1, 0.15) is 20.8 Å². The summed E-state index contributed by atoms with van der Waals surface area (Å²) in [6.07, 6.45) is 0. The van der Waals surface area contributed by atoms with Crippen LogP contribution in [0.2, 0.25) is 5.02 Å². The van der Waals surface area contributed by atoms with E-state index in [2.05, 4.69) is 53.0 Å². The van der Waals surface area contributed by atoms with Crippen LogP contribution in [0.25, 0.3) is 0 Å². The second kappa shape index (κ2) is 5.81. The van der Waals surface area contributed by atoms with Crippen LogP contribution in [0.5, 0.6) is 0 Å². The number of halogens is 2. The predicted molar refractivity (Wildman–Crippen MR) is 82.6 cm³/mol. The second-order valence-electron chi connectivity index (χ2n) is 5.37. The number of benzene rings is 1. The van der Waals surface area contributed by atoms with Gasteiger partial charge in [0.05, 0.1) is 5.69 Å². The Morgan fingerprint density at radius 1 is 1.44 bits per heavy atom. The third kappa shape index (κ3) is 3.01. The molecule has 1 aliphatic heterocycles. The van der Waals surface area contributed by atoms with Crippen molar-refractivity contribution in [1.29, 1.82) is 0 Å². The number of hydrogen-bond acceptors (Lipinski definition) is 2. The minimum atomic E-state index is 0.505. The Hall–Kier alpha value is -0.250. The molecule has 1 fully saturated rings. The fourth-order valence-corrected chi connectivity index (χ4v) is 3.15. The summed E-state index contributed by atoms with van der Waals surface area (Å²) in [6, 6.07) is 7.02. The van der Waals surface area contributed by atoms with Gasteiger partial charge in [0.15, 0.2) is 0 Å². The van der Waals surface area contributed by atoms with Crippen LogP contribution in [0.3, 0.4) is 0 Å². The Balaban J connectivity index is 2.34. The lowest BCUT2D eigenvalue weighted by Crippen LogP contribution is -2.57. The molecular formula is C14H20BrClN2. The summed E-state index contributed by atoms with van der Waals surface area (Å²) in [5, 5.41) is 4.35. The molecular weight excluding hydrogens is 312 g/mol. The Labute approximate surface area is 123 Å². The first-order chi connectivity index (χ1) is 8.49. The molecule has 0 aromatic heterocycles. The summed E-state index contributed by atoms with van der Waals surface area (Å²) in [5.74, 6) is 0.607. The van der Waals surface area contributed by atoms with Crippen molar-refractivity contribution in [3.8, 4) is 0 Å². The van der Waals surface area contributed by atoms with Gasteiger partial charge >= 0.3 is 0 Å². The average molecular weight is 332 g/mol. The molecule has 1 N–H and O–H groups in total. The summed E-state index contributed by atoms with van der Waals surface area (Å²) in [4.78, 5) is 2.47. The van der Waals surface area contributed by atoms with E-state index in [9.17, 15) is 0 Å². The molecule has 1 aromatic carbocycles. The van der Waals surface area contributed by atoms with Crippen molar-refractivity contribution in [3.63, 3.8) is 0 Å². The largest absolute Gasteiger partial charge is 0.365 e. The lowest BCUT2D eigenvalue weighted by Gasteiger charge is -2.43. The lowest BCUT2D eigenvalue weighted by molar-refractivity contribution is 0.349. The Morgan fingerprint density at radius 3 is 2.83 bits per heavy atom. The highest BCUT2D eigenvalue weighted by Crippen LogP contribution is 2.33. The van der Waals surface area contributed by atoms with Crippen molar-refractivity contribution in [2.45, 2.75) is 32.9 Å². The fourth-order valence-electron chi connectivity index (χ4n) is 2.51. The van der Waals surface area contributed by atoms with Crippen LogP contribution in [0.4, 0.5) is 5.69 Å². The second-order valence-corrected chi connectivity index (χ2v) is 6.66. The van der Waals surface area contributed by atoms with Gasteiger partial charge in [0, 0.05) is 34.7 Å². The van der Waals surface area contributed by atoms with E-state index in [1.54, 1.807) is 0 Å². The number of anilines is 1. The maximum absolute atomic E-state index is 6.14. The quantitative estimate of drug-likeness (QED) is 0.883. The molecule has 0 saturated carbocycles. The van der Waals surface area contributed by atoms with Crippen LogP contribution in [0.15, 0.2) is 22.7 Å². The SMILES string of the molecule is CC1CN(c2cc(Cl)ccc2Br)C(C(C)C)CN1. The van der Waals surface area contributed by atoms with Crippen LogP contribution < -0.4 is 10.2 Å². The fraction of sp³-hybridized carbons (Fsp3) is 0.571. The standard InChI is InChI=1S/C14H20BrClN2/c1-9(2)14-7-17-10(3)8-18(14)13-6-11(16)4-5-12(13)15/h4-6,9-10,14,17H,7-8H2,1-3H3. The lowest BCUT2D eigenvalue weighted by atomic mass is 9.98. The first kappa shape index (κ1) is 14.2. The van der Waals surface area contributed by atoms with Gasteiger partial charge in [-0.25, -0.2) is 0 Å². The number of hydrogen-bond donors (Lipinski definition) is 1. The number of piperazine rings is 1. The minimum Gasteiger partial charge on any atom is -0.365 e. The average Bonchev–Trinajstić information content (AvgIpc) is 2.31. The molecule has 0 amide bonds. The van der Waals surface area contributed by atoms with Gasteiger partial charge in [-0.2, -0.15) is 0 Å². The molecule has 1 heterocycles. The van der Waals surface area contributed by atoms with Gasteiger partial charge in [-0.05, 0) is 47.0 Å². The number of nitrogens with one attached hydrogen (secondary N) is 1. The van der Waals surface area contributed by atoms with Gasteiger partial charge in [-0.1, -0.05) is 25.4 Å². The highest BCUT2D eigenvalue weighted by molar-refractivity contribution is 9.10. The molecule has 2 rings (SSSR count). The van der Waals surface area contributed by atoms with Crippen molar-refractivity contribution < 1.29 is 0 Å². The molecule has 2 unspecified atom stereocenters. The predicted octanol–water partition coefficient (Wildman–Crippen LogP) is 3.93. The minimum absolute atomic E-state index is 0.505. The van der Waals surface area contributed by atoms with E-state index < -0.39 is 0 Å². The van der Waals surface area contributed by atoms with E-state index in [4.69, 9.17) is 11.6 Å². The Kier molecular flexibility index (Phi) is 4.57. The maximum Gasteiger partial charge on any atom is 0.0529 e. The van der Waals surface area contributed by atoms with E-state index in [1.807, 2.05) is 12.1 Å². The van der Waals surface area contributed by atoms with Crippen molar-refractivity contribution in [2.75, 3.05) is 18.0 Å². The van der Waals surface area contributed by atoms with Gasteiger partial charge < -0.3 is 10.2 Å². The third-order valence-corrected chi connectivity index (χ3v) is 4.44. The normalized spacial score (nSPS) is 24.7. The van der Waals surface area contributed by atoms with Gasteiger partial charge in [-0.3, -0.25) is 0 Å². The molecule has 2 atom stereocenters. The molecule has 4 heteroatoms. The van der Waals surface area contributed by atoms with Gasteiger partial charge in [0.1, 0.15) is 0 Å². The van der Waals surface area contributed by atoms with E-state index in [1.165, 1.54) is 5.69 Å². The topological polar surface area (TPSA) is 15.3 Å². The van der Waals surface area contributed by atoms with E-state index >= 15 is 0 Å². The van der Waals surface area contributed by atoms with Crippen molar-refractivity contribution in [3.05, 3.63) is 27.7 Å². The van der Waals surface area contributed by atoms with Crippen molar-refractivity contribution >= 4 is 33.2 Å². The molecule has 0 aliphatic carbocycles. The summed E-state index contributed by atoms with van der Waals surface area (Å²) < 4.78 is 1.12. The van der Waals surface area contributed by atoms with Crippen LogP contribution in [0, 0.1) is 5.92 Å². The Bertz CT molecular complexity index is 422. The molecule has 100 valence electrons. The highest BCUT2D eigenvalue weighted by Gasteiger charge is 2.29. The van der Waals surface area contributed by atoms with Crippen molar-refractivity contribution in [1.82, 2.24) is 5.32 Å². The maximum atomic E-state index is 6.14. The monoisotopic (exact) mass is 330 g/mol. The van der Waals surface area contributed by atoms with Gasteiger partial charge in [0.25, 0.3) is 0 Å². The highest BCUT2D eigenvalue weighted by atomic mass is 79.9. The van der Waals surface area contributed by atoms with Gasteiger partial charge in [-0.15, -0.1) is 0 Å². The number of rotatable bonds is 2. The van der Waals surface area contributed by atoms with Crippen molar-refractivity contribution in [2.24, 2.45) is 5.92 Å². The summed E-state index contributed by atoms with van der Waals surface area (Å²) in [6.45, 7) is 8.81. The Morgan fingerprint density at radius 2 is 2.17 bits per heavy atom. The van der Waals surface area contributed by atoms with E-state index in [0.29, 0.717) is 18.0 Å². The third-order valence-electron chi connectivity index (χ3n) is 3.53. The zero-order chi connectivity index (χ0) is 13.3. The first-order valence-corrected chi connectivity index (χ1v) is 7.61. The molecule has 0 spiro atoms. The summed E-state index contributed by atoms with van der Waals surface area (Å²) in [7, 11) is 0. The molecule has 1 saturated heterocycles. The molecule has 2 nitrogen and oxygen atoms in total. The smallest absolute Gasteiger partial charge is 0.0529 e. The van der Waals surface area contributed by atoms with Crippen LogP contribution in [-0.2, 0) is 0 Å². The molecule has 1 aromatic rings. The van der Waals surface area contributed by atoms with Gasteiger partial charge in [0.2, 0.25) is 0 Å². The zero-order valence-corrected chi connectivity index (χ0v) is 13.4. The van der Waals surface area contributed by atoms with E-state index in [0.717, 1.165) is 22.6 Å². The zero-order valence-electron chi connectivity index (χ0n) is 11.1. The molecule has 0 bridgehead atoms.